The van der Waals surface area contributed by atoms with Crippen molar-refractivity contribution in [3.63, 3.8) is 0 Å². The zero-order valence-electron chi connectivity index (χ0n) is 27.4. The van der Waals surface area contributed by atoms with Crippen molar-refractivity contribution in [2.45, 2.75) is 65.5 Å². The van der Waals surface area contributed by atoms with Gasteiger partial charge in [-0.3, -0.25) is 9.80 Å². The molecular formula is C34H42ClN7O3. The van der Waals surface area contributed by atoms with Gasteiger partial charge in [0.25, 0.3) is 0 Å². The van der Waals surface area contributed by atoms with Gasteiger partial charge in [0.1, 0.15) is 17.4 Å². The molecule has 2 aliphatic rings. The molecule has 45 heavy (non-hydrogen) atoms. The van der Waals surface area contributed by atoms with E-state index in [4.69, 9.17) is 26.1 Å². The second kappa shape index (κ2) is 12.4. The highest BCUT2D eigenvalue weighted by atomic mass is 35.5. The fourth-order valence-electron chi connectivity index (χ4n) is 5.94. The van der Waals surface area contributed by atoms with E-state index in [1.54, 1.807) is 30.3 Å². The molecule has 2 aromatic carbocycles. The standard InChI is InChI=1S/C34H42ClN7O3/c1-21(2)40-11-13-41(14-12-40)28-18-29(44-8)27(17-25(28)35)39-31-37-10-9-26(38-31)22-15-23(19-36)30-24(16-22)34(6,7)20-42(30)32(43)45-33(3,4)5/h9-10,15-18,21H,11-14,20H2,1-8H3,(H,37,38,39). The fraction of sp³-hybridized carbons (Fsp3) is 0.471. The molecule has 3 aromatic rings. The third-order valence-electron chi connectivity index (χ3n) is 8.25. The third-order valence-corrected chi connectivity index (χ3v) is 8.55. The molecular weight excluding hydrogens is 590 g/mol. The zero-order chi connectivity index (χ0) is 32.7. The van der Waals surface area contributed by atoms with E-state index in [0.717, 1.165) is 43.0 Å². The largest absolute Gasteiger partial charge is 0.494 e. The molecule has 0 aliphatic carbocycles. The predicted octanol–water partition coefficient (Wildman–Crippen LogP) is 6.98. The number of carbonyl (C=O) groups excluding carboxylic acids is 1. The molecule has 1 fully saturated rings. The van der Waals surface area contributed by atoms with Gasteiger partial charge in [0.2, 0.25) is 5.95 Å². The summed E-state index contributed by atoms with van der Waals surface area (Å²) in [7, 11) is 1.63. The predicted molar refractivity (Wildman–Crippen MR) is 179 cm³/mol. The number of amides is 1. The summed E-state index contributed by atoms with van der Waals surface area (Å²) in [5.41, 5.74) is 3.73. The number of aromatic nitrogens is 2. The summed E-state index contributed by atoms with van der Waals surface area (Å²) in [6.07, 6.45) is 1.20. The number of halogens is 1. The number of ether oxygens (including phenoxy) is 2. The number of benzene rings is 2. The van der Waals surface area contributed by atoms with Crippen LogP contribution >= 0.6 is 11.6 Å². The first-order valence-corrected chi connectivity index (χ1v) is 15.6. The SMILES string of the molecule is COc1cc(N2CCN(C(C)C)CC2)c(Cl)cc1Nc1nccc(-c2cc(C#N)c3c(c2)C(C)(C)CN3C(=O)OC(C)(C)C)n1. The molecule has 1 amide bonds. The van der Waals surface area contributed by atoms with Crippen molar-refractivity contribution in [2.75, 3.05) is 55.0 Å². The smallest absolute Gasteiger partial charge is 0.414 e. The zero-order valence-corrected chi connectivity index (χ0v) is 28.1. The first kappa shape index (κ1) is 32.3. The highest BCUT2D eigenvalue weighted by Gasteiger charge is 2.42. The third kappa shape index (κ3) is 6.80. The lowest BCUT2D eigenvalue weighted by atomic mass is 9.85. The van der Waals surface area contributed by atoms with Crippen LogP contribution in [0, 0.1) is 11.3 Å². The van der Waals surface area contributed by atoms with E-state index in [1.165, 1.54) is 0 Å². The van der Waals surface area contributed by atoms with Gasteiger partial charge >= 0.3 is 6.09 Å². The number of nitrogens with zero attached hydrogens (tertiary/aromatic N) is 6. The Morgan fingerprint density at radius 1 is 1.13 bits per heavy atom. The van der Waals surface area contributed by atoms with Gasteiger partial charge in [0, 0.05) is 62.0 Å². The molecule has 3 heterocycles. The van der Waals surface area contributed by atoms with Gasteiger partial charge in [-0.25, -0.2) is 14.8 Å². The molecule has 0 radical (unpaired) electrons. The van der Waals surface area contributed by atoms with Crippen molar-refractivity contribution in [2.24, 2.45) is 0 Å². The molecule has 0 atom stereocenters. The van der Waals surface area contributed by atoms with Crippen LogP contribution in [-0.2, 0) is 10.2 Å². The molecule has 10 nitrogen and oxygen atoms in total. The van der Waals surface area contributed by atoms with Crippen LogP contribution in [0.4, 0.5) is 27.8 Å². The number of carbonyl (C=O) groups is 1. The van der Waals surface area contributed by atoms with Crippen LogP contribution in [-0.4, -0.2) is 72.4 Å². The lowest BCUT2D eigenvalue weighted by molar-refractivity contribution is 0.0579. The lowest BCUT2D eigenvalue weighted by Crippen LogP contribution is -2.49. The summed E-state index contributed by atoms with van der Waals surface area (Å²) in [5.74, 6) is 0.983. The second-order valence-corrected chi connectivity index (χ2v) is 13.9. The van der Waals surface area contributed by atoms with Crippen molar-refractivity contribution >= 4 is 40.7 Å². The summed E-state index contributed by atoms with van der Waals surface area (Å²) >= 11 is 6.81. The van der Waals surface area contributed by atoms with Crippen LogP contribution in [0.5, 0.6) is 5.75 Å². The van der Waals surface area contributed by atoms with Crippen molar-refractivity contribution in [1.29, 1.82) is 5.26 Å². The number of fused-ring (bicyclic) bond motifs is 1. The Kier molecular flexibility index (Phi) is 8.89. The first-order valence-electron chi connectivity index (χ1n) is 15.3. The molecule has 2 aliphatic heterocycles. The molecule has 0 saturated carbocycles. The summed E-state index contributed by atoms with van der Waals surface area (Å²) < 4.78 is 11.4. The number of nitrogens with one attached hydrogen (secondary N) is 1. The van der Waals surface area contributed by atoms with E-state index in [1.807, 2.05) is 39.0 Å². The molecule has 0 spiro atoms. The summed E-state index contributed by atoms with van der Waals surface area (Å²) in [6.45, 7) is 18.2. The molecule has 0 bridgehead atoms. The van der Waals surface area contributed by atoms with Crippen LogP contribution in [0.3, 0.4) is 0 Å². The Morgan fingerprint density at radius 3 is 2.47 bits per heavy atom. The van der Waals surface area contributed by atoms with Gasteiger partial charge < -0.3 is 19.7 Å². The van der Waals surface area contributed by atoms with Crippen LogP contribution in [0.25, 0.3) is 11.3 Å². The highest BCUT2D eigenvalue weighted by Crippen LogP contribution is 2.45. The van der Waals surface area contributed by atoms with E-state index < -0.39 is 17.1 Å². The van der Waals surface area contributed by atoms with Crippen molar-refractivity contribution in [3.05, 3.63) is 52.7 Å². The van der Waals surface area contributed by atoms with E-state index in [0.29, 0.717) is 51.9 Å². The van der Waals surface area contributed by atoms with Crippen LogP contribution in [0.15, 0.2) is 36.5 Å². The monoisotopic (exact) mass is 631 g/mol. The lowest BCUT2D eigenvalue weighted by Gasteiger charge is -2.38. The number of rotatable bonds is 6. The fourth-order valence-corrected chi connectivity index (χ4v) is 6.22. The Labute approximate surface area is 270 Å². The molecule has 0 unspecified atom stereocenters. The minimum atomic E-state index is -0.655. The number of hydrogen-bond donors (Lipinski definition) is 1. The maximum atomic E-state index is 13.1. The van der Waals surface area contributed by atoms with Crippen molar-refractivity contribution < 1.29 is 14.3 Å². The Bertz CT molecular complexity index is 1640. The quantitative estimate of drug-likeness (QED) is 0.308. The summed E-state index contributed by atoms with van der Waals surface area (Å²) in [5, 5.41) is 14.0. The maximum absolute atomic E-state index is 13.1. The summed E-state index contributed by atoms with van der Waals surface area (Å²) in [4.78, 5) is 28.7. The Hall–Kier alpha value is -4.07. The molecule has 238 valence electrons. The topological polar surface area (TPSA) is 107 Å². The van der Waals surface area contributed by atoms with Gasteiger partial charge in [0.05, 0.1) is 40.5 Å². The van der Waals surface area contributed by atoms with Gasteiger partial charge in [0.15, 0.2) is 0 Å². The Balaban J connectivity index is 1.43. The number of nitriles is 1. The second-order valence-electron chi connectivity index (χ2n) is 13.5. The average molecular weight is 632 g/mol. The first-order chi connectivity index (χ1) is 21.2. The molecule has 11 heteroatoms. The van der Waals surface area contributed by atoms with Crippen LogP contribution < -0.4 is 19.9 Å². The molecule has 1 N–H and O–H groups in total. The minimum Gasteiger partial charge on any atom is -0.494 e. The average Bonchev–Trinajstić information content (AvgIpc) is 3.27. The van der Waals surface area contributed by atoms with Gasteiger partial charge in [-0.2, -0.15) is 5.26 Å². The van der Waals surface area contributed by atoms with Crippen LogP contribution in [0.1, 0.15) is 59.6 Å². The molecule has 5 rings (SSSR count). The van der Waals surface area contributed by atoms with E-state index in [9.17, 15) is 10.1 Å². The normalized spacial score (nSPS) is 16.4. The number of piperazine rings is 1. The maximum Gasteiger partial charge on any atom is 0.414 e. The Morgan fingerprint density at radius 2 is 1.84 bits per heavy atom. The van der Waals surface area contributed by atoms with Gasteiger partial charge in [-0.05, 0) is 64.4 Å². The van der Waals surface area contributed by atoms with E-state index in [2.05, 4.69) is 53.9 Å². The van der Waals surface area contributed by atoms with Gasteiger partial charge in [-0.15, -0.1) is 0 Å². The number of anilines is 4. The molecule has 1 aromatic heterocycles. The number of hydrogen-bond acceptors (Lipinski definition) is 9. The van der Waals surface area contributed by atoms with Crippen LogP contribution in [0.2, 0.25) is 5.02 Å². The summed E-state index contributed by atoms with van der Waals surface area (Å²) in [6, 6.07) is 12.2. The highest BCUT2D eigenvalue weighted by molar-refractivity contribution is 6.33. The van der Waals surface area contributed by atoms with E-state index in [-0.39, 0.29) is 0 Å². The molecule has 1 saturated heterocycles. The van der Waals surface area contributed by atoms with E-state index >= 15 is 0 Å². The number of methoxy groups -OCH3 is 1. The van der Waals surface area contributed by atoms with Gasteiger partial charge in [-0.1, -0.05) is 25.4 Å². The van der Waals surface area contributed by atoms with Crippen molar-refractivity contribution in [3.8, 4) is 23.1 Å². The minimum absolute atomic E-state index is 0.355. The van der Waals surface area contributed by atoms with Crippen molar-refractivity contribution in [1.82, 2.24) is 14.9 Å².